The number of aromatic amines is 1. The van der Waals surface area contributed by atoms with Crippen LogP contribution in [0.4, 0.5) is 0 Å². The van der Waals surface area contributed by atoms with E-state index in [1.54, 1.807) is 11.3 Å². The number of piperidine rings is 1. The third-order valence-electron chi connectivity index (χ3n) is 4.83. The van der Waals surface area contributed by atoms with Gasteiger partial charge in [-0.05, 0) is 43.3 Å². The van der Waals surface area contributed by atoms with Gasteiger partial charge in [0.25, 0.3) is 5.56 Å². The molecule has 3 heterocycles. The van der Waals surface area contributed by atoms with E-state index >= 15 is 0 Å². The number of carbonyl (C=O) groups is 1. The normalized spacial score (nSPS) is 17.1. The first kappa shape index (κ1) is 18.6. The Kier molecular flexibility index (Phi) is 6.05. The van der Waals surface area contributed by atoms with Crippen molar-refractivity contribution in [2.24, 2.45) is 5.92 Å². The number of hydrogen-bond acceptors (Lipinski definition) is 5. The summed E-state index contributed by atoms with van der Waals surface area (Å²) in [4.78, 5) is 40.9. The van der Waals surface area contributed by atoms with Crippen molar-refractivity contribution in [3.05, 3.63) is 55.5 Å². The highest BCUT2D eigenvalue weighted by Gasteiger charge is 2.25. The monoisotopic (exact) mass is 376 g/mol. The molecule has 2 aromatic rings. The van der Waals surface area contributed by atoms with Crippen molar-refractivity contribution in [3.63, 3.8) is 0 Å². The molecule has 1 aliphatic heterocycles. The van der Waals surface area contributed by atoms with Gasteiger partial charge in [0.1, 0.15) is 6.54 Å². The van der Waals surface area contributed by atoms with Crippen LogP contribution in [-0.4, -0.2) is 40.0 Å². The number of nitrogens with zero attached hydrogens (tertiary/aromatic N) is 2. The molecule has 1 fully saturated rings. The standard InChI is InChI=1S/C18H24N4O3S/c1-13-4-7-21(8-5-13)14(15-3-2-10-26-15)11-19-17(24)12-22-9-6-16(23)20-18(22)25/h2-3,6,9-10,13-14H,4-5,7-8,11-12H2,1H3,(H,19,24)(H,20,23,25). The van der Waals surface area contributed by atoms with Crippen LogP contribution < -0.4 is 16.6 Å². The second kappa shape index (κ2) is 8.46. The first-order valence-corrected chi connectivity index (χ1v) is 9.75. The van der Waals surface area contributed by atoms with Gasteiger partial charge in [0.05, 0.1) is 6.04 Å². The van der Waals surface area contributed by atoms with E-state index in [-0.39, 0.29) is 18.5 Å². The second-order valence-corrected chi connectivity index (χ2v) is 7.77. The van der Waals surface area contributed by atoms with Crippen LogP contribution in [0, 0.1) is 5.92 Å². The molecule has 0 radical (unpaired) electrons. The van der Waals surface area contributed by atoms with Gasteiger partial charge in [-0.1, -0.05) is 13.0 Å². The van der Waals surface area contributed by atoms with Crippen LogP contribution >= 0.6 is 11.3 Å². The zero-order valence-corrected chi connectivity index (χ0v) is 15.6. The van der Waals surface area contributed by atoms with Crippen molar-refractivity contribution in [3.8, 4) is 0 Å². The second-order valence-electron chi connectivity index (χ2n) is 6.79. The Bertz CT molecular complexity index is 835. The van der Waals surface area contributed by atoms with E-state index < -0.39 is 11.2 Å². The molecular formula is C18H24N4O3S. The maximum Gasteiger partial charge on any atom is 0.328 e. The minimum Gasteiger partial charge on any atom is -0.353 e. The lowest BCUT2D eigenvalue weighted by Crippen LogP contribution is -2.43. The van der Waals surface area contributed by atoms with Gasteiger partial charge in [-0.15, -0.1) is 11.3 Å². The Morgan fingerprint density at radius 1 is 1.35 bits per heavy atom. The summed E-state index contributed by atoms with van der Waals surface area (Å²) in [6.45, 7) is 4.73. The minimum atomic E-state index is -0.576. The molecule has 0 aliphatic carbocycles. The smallest absolute Gasteiger partial charge is 0.328 e. The molecule has 1 unspecified atom stereocenters. The molecule has 7 nitrogen and oxygen atoms in total. The van der Waals surface area contributed by atoms with Crippen molar-refractivity contribution >= 4 is 17.2 Å². The molecule has 140 valence electrons. The molecule has 1 atom stereocenters. The molecule has 0 aromatic carbocycles. The molecule has 1 saturated heterocycles. The number of hydrogen-bond donors (Lipinski definition) is 2. The maximum absolute atomic E-state index is 12.3. The van der Waals surface area contributed by atoms with E-state index in [1.807, 2.05) is 6.07 Å². The molecule has 26 heavy (non-hydrogen) atoms. The number of likely N-dealkylation sites (tertiary alicyclic amines) is 1. The largest absolute Gasteiger partial charge is 0.353 e. The first-order chi connectivity index (χ1) is 12.5. The molecule has 2 N–H and O–H groups in total. The van der Waals surface area contributed by atoms with Crippen molar-refractivity contribution in [1.29, 1.82) is 0 Å². The van der Waals surface area contributed by atoms with Gasteiger partial charge < -0.3 is 5.32 Å². The van der Waals surface area contributed by atoms with Crippen molar-refractivity contribution in [2.45, 2.75) is 32.4 Å². The van der Waals surface area contributed by atoms with E-state index in [9.17, 15) is 14.4 Å². The van der Waals surface area contributed by atoms with Gasteiger partial charge in [0.15, 0.2) is 0 Å². The zero-order valence-electron chi connectivity index (χ0n) is 14.8. The van der Waals surface area contributed by atoms with E-state index in [1.165, 1.54) is 34.5 Å². The number of amides is 1. The Balaban J connectivity index is 1.63. The lowest BCUT2D eigenvalue weighted by atomic mass is 9.97. The summed E-state index contributed by atoms with van der Waals surface area (Å²) < 4.78 is 1.19. The molecule has 0 saturated carbocycles. The van der Waals surface area contributed by atoms with Gasteiger partial charge in [0.2, 0.25) is 5.91 Å². The van der Waals surface area contributed by atoms with Crippen LogP contribution in [-0.2, 0) is 11.3 Å². The van der Waals surface area contributed by atoms with Gasteiger partial charge in [-0.3, -0.25) is 24.0 Å². The van der Waals surface area contributed by atoms with Crippen LogP contribution in [0.25, 0.3) is 0 Å². The lowest BCUT2D eigenvalue weighted by molar-refractivity contribution is -0.122. The highest BCUT2D eigenvalue weighted by Crippen LogP contribution is 2.28. The van der Waals surface area contributed by atoms with Crippen LogP contribution in [0.3, 0.4) is 0 Å². The molecule has 1 aliphatic rings. The van der Waals surface area contributed by atoms with E-state index in [4.69, 9.17) is 0 Å². The van der Waals surface area contributed by atoms with Gasteiger partial charge in [-0.25, -0.2) is 4.79 Å². The summed E-state index contributed by atoms with van der Waals surface area (Å²) in [5, 5.41) is 5.00. The number of nitrogens with one attached hydrogen (secondary N) is 2. The summed E-state index contributed by atoms with van der Waals surface area (Å²) in [5.41, 5.74) is -1.05. The highest BCUT2D eigenvalue weighted by molar-refractivity contribution is 7.10. The fourth-order valence-corrected chi connectivity index (χ4v) is 4.08. The fourth-order valence-electron chi connectivity index (χ4n) is 3.22. The van der Waals surface area contributed by atoms with E-state index in [0.29, 0.717) is 6.54 Å². The van der Waals surface area contributed by atoms with Gasteiger partial charge >= 0.3 is 5.69 Å². The summed E-state index contributed by atoms with van der Waals surface area (Å²) in [6, 6.07) is 5.52. The summed E-state index contributed by atoms with van der Waals surface area (Å²) >= 11 is 1.70. The predicted molar refractivity (Wildman–Crippen MR) is 101 cm³/mol. The Morgan fingerprint density at radius 2 is 2.12 bits per heavy atom. The topological polar surface area (TPSA) is 87.2 Å². The summed E-state index contributed by atoms with van der Waals surface area (Å²) in [5.74, 6) is 0.503. The van der Waals surface area contributed by atoms with Crippen LogP contribution in [0.15, 0.2) is 39.4 Å². The van der Waals surface area contributed by atoms with E-state index in [0.717, 1.165) is 19.0 Å². The molecular weight excluding hydrogens is 352 g/mol. The van der Waals surface area contributed by atoms with Crippen LogP contribution in [0.5, 0.6) is 0 Å². The molecule has 3 rings (SSSR count). The number of thiophene rings is 1. The maximum atomic E-state index is 12.3. The molecule has 0 bridgehead atoms. The summed E-state index contributed by atoms with van der Waals surface area (Å²) in [7, 11) is 0. The predicted octanol–water partition coefficient (Wildman–Crippen LogP) is 1.19. The Hall–Kier alpha value is -2.19. The average molecular weight is 376 g/mol. The average Bonchev–Trinajstić information content (AvgIpc) is 3.13. The first-order valence-electron chi connectivity index (χ1n) is 8.87. The lowest BCUT2D eigenvalue weighted by Gasteiger charge is -2.36. The van der Waals surface area contributed by atoms with Crippen LogP contribution in [0.1, 0.15) is 30.7 Å². The Labute approximate surface area is 155 Å². The van der Waals surface area contributed by atoms with Crippen molar-refractivity contribution in [2.75, 3.05) is 19.6 Å². The molecule has 0 spiro atoms. The number of H-pyrrole nitrogens is 1. The highest BCUT2D eigenvalue weighted by atomic mass is 32.1. The number of rotatable bonds is 6. The molecule has 1 amide bonds. The number of carbonyl (C=O) groups excluding carboxylic acids is 1. The van der Waals surface area contributed by atoms with Crippen LogP contribution in [0.2, 0.25) is 0 Å². The zero-order chi connectivity index (χ0) is 18.5. The third kappa shape index (κ3) is 4.70. The molecule has 2 aromatic heterocycles. The Morgan fingerprint density at radius 3 is 2.77 bits per heavy atom. The fraction of sp³-hybridized carbons (Fsp3) is 0.500. The SMILES string of the molecule is CC1CCN(C(CNC(=O)Cn2ccc(=O)[nH]c2=O)c2cccs2)CC1. The van der Waals surface area contributed by atoms with Crippen molar-refractivity contribution < 1.29 is 4.79 Å². The molecule has 8 heteroatoms. The van der Waals surface area contributed by atoms with E-state index in [2.05, 4.69) is 33.6 Å². The van der Waals surface area contributed by atoms with Crippen molar-refractivity contribution in [1.82, 2.24) is 19.8 Å². The summed E-state index contributed by atoms with van der Waals surface area (Å²) in [6.07, 6.45) is 3.68. The quantitative estimate of drug-likeness (QED) is 0.793. The van der Waals surface area contributed by atoms with Gasteiger partial charge in [-0.2, -0.15) is 0 Å². The van der Waals surface area contributed by atoms with Gasteiger partial charge in [0, 0.05) is 23.7 Å². The third-order valence-corrected chi connectivity index (χ3v) is 5.81. The number of aromatic nitrogens is 2. The minimum absolute atomic E-state index is 0.107.